The summed E-state index contributed by atoms with van der Waals surface area (Å²) in [5, 5.41) is 0. The van der Waals surface area contributed by atoms with Crippen LogP contribution in [0.25, 0.3) is 0 Å². The quantitative estimate of drug-likeness (QED) is 0.848. The molecule has 0 amide bonds. The van der Waals surface area contributed by atoms with Crippen molar-refractivity contribution >= 4 is 12.4 Å². The minimum Gasteiger partial charge on any atom is -0.376 e. The first kappa shape index (κ1) is 15.5. The summed E-state index contributed by atoms with van der Waals surface area (Å²) in [5.74, 6) is 1.24. The second-order valence-corrected chi connectivity index (χ2v) is 6.24. The van der Waals surface area contributed by atoms with Crippen molar-refractivity contribution in [2.75, 3.05) is 20.2 Å². The van der Waals surface area contributed by atoms with Crippen LogP contribution in [0.1, 0.15) is 28.7 Å². The molecule has 2 aliphatic rings. The summed E-state index contributed by atoms with van der Waals surface area (Å²) >= 11 is 0. The molecule has 0 aromatic heterocycles. The summed E-state index contributed by atoms with van der Waals surface area (Å²) in [6, 6.07) is 19.6. The van der Waals surface area contributed by atoms with Crippen LogP contribution in [0.15, 0.2) is 54.6 Å². The van der Waals surface area contributed by atoms with Crippen LogP contribution < -0.4 is 0 Å². The zero-order chi connectivity index (χ0) is 14.2. The van der Waals surface area contributed by atoms with E-state index in [1.165, 1.54) is 16.7 Å². The molecule has 0 spiro atoms. The van der Waals surface area contributed by atoms with Gasteiger partial charge in [-0.2, -0.15) is 0 Å². The van der Waals surface area contributed by atoms with Gasteiger partial charge >= 0.3 is 0 Å². The number of hydrogen-bond donors (Lipinski definition) is 0. The number of hydrogen-bond acceptors (Lipinski definition) is 2. The molecule has 1 fully saturated rings. The molecule has 2 aromatic carbocycles. The van der Waals surface area contributed by atoms with E-state index in [9.17, 15) is 0 Å². The summed E-state index contributed by atoms with van der Waals surface area (Å²) in [7, 11) is 1.85. The van der Waals surface area contributed by atoms with Gasteiger partial charge < -0.3 is 4.74 Å². The molecule has 2 aromatic rings. The Morgan fingerprint density at radius 3 is 2.36 bits per heavy atom. The van der Waals surface area contributed by atoms with E-state index < -0.39 is 0 Å². The average Bonchev–Trinajstić information content (AvgIpc) is 3.04. The Hall–Kier alpha value is -1.35. The van der Waals surface area contributed by atoms with Gasteiger partial charge in [-0.05, 0) is 16.7 Å². The molecule has 116 valence electrons. The Labute approximate surface area is 138 Å². The van der Waals surface area contributed by atoms with Crippen LogP contribution in [0.3, 0.4) is 0 Å². The fourth-order valence-corrected chi connectivity index (χ4v) is 4.16. The van der Waals surface area contributed by atoms with Crippen molar-refractivity contribution in [3.05, 3.63) is 71.3 Å². The molecule has 4 rings (SSSR count). The first-order chi connectivity index (χ1) is 10.4. The Morgan fingerprint density at radius 1 is 0.955 bits per heavy atom. The van der Waals surface area contributed by atoms with Crippen LogP contribution in [-0.2, 0) is 11.3 Å². The fourth-order valence-electron chi connectivity index (χ4n) is 4.16. The third-order valence-corrected chi connectivity index (χ3v) is 5.03. The highest BCUT2D eigenvalue weighted by molar-refractivity contribution is 5.85. The number of halogens is 1. The Balaban J connectivity index is 0.00000144. The van der Waals surface area contributed by atoms with Crippen molar-refractivity contribution in [1.29, 1.82) is 0 Å². The predicted molar refractivity (Wildman–Crippen MR) is 91.4 cm³/mol. The van der Waals surface area contributed by atoms with Gasteiger partial charge in [-0.25, -0.2) is 0 Å². The lowest BCUT2D eigenvalue weighted by Gasteiger charge is -2.20. The van der Waals surface area contributed by atoms with Crippen molar-refractivity contribution in [3.8, 4) is 0 Å². The molecule has 22 heavy (non-hydrogen) atoms. The SMILES string of the molecule is COC1c2ccccc2C2CN(Cc3ccccc3)CC21.Cl. The lowest BCUT2D eigenvalue weighted by Crippen LogP contribution is -2.22. The highest BCUT2D eigenvalue weighted by Gasteiger charge is 2.46. The number of benzene rings is 2. The smallest absolute Gasteiger partial charge is 0.0870 e. The van der Waals surface area contributed by atoms with Gasteiger partial charge in [0.1, 0.15) is 0 Å². The van der Waals surface area contributed by atoms with E-state index in [1.54, 1.807) is 0 Å². The standard InChI is InChI=1S/C19H21NO.ClH/c1-21-19-16-10-6-5-9-15(16)17-12-20(13-18(17)19)11-14-7-3-2-4-8-14;/h2-10,17-19H,11-13H2,1H3;1H. The lowest BCUT2D eigenvalue weighted by atomic mass is 9.96. The Bertz CT molecular complexity index is 630. The van der Waals surface area contributed by atoms with E-state index in [0.717, 1.165) is 19.6 Å². The minimum atomic E-state index is 0. The summed E-state index contributed by atoms with van der Waals surface area (Å²) < 4.78 is 5.82. The lowest BCUT2D eigenvalue weighted by molar-refractivity contribution is 0.0600. The van der Waals surface area contributed by atoms with E-state index in [0.29, 0.717) is 11.8 Å². The molecule has 1 aliphatic heterocycles. The van der Waals surface area contributed by atoms with Gasteiger partial charge in [0.2, 0.25) is 0 Å². The number of nitrogens with zero attached hydrogens (tertiary/aromatic N) is 1. The maximum Gasteiger partial charge on any atom is 0.0870 e. The van der Waals surface area contributed by atoms with Crippen molar-refractivity contribution < 1.29 is 4.74 Å². The maximum absolute atomic E-state index is 5.82. The molecule has 0 radical (unpaired) electrons. The average molecular weight is 316 g/mol. The highest BCUT2D eigenvalue weighted by Crippen LogP contribution is 2.50. The molecule has 3 atom stereocenters. The van der Waals surface area contributed by atoms with E-state index in [2.05, 4.69) is 59.5 Å². The van der Waals surface area contributed by atoms with Gasteiger partial charge in [0, 0.05) is 38.6 Å². The monoisotopic (exact) mass is 315 g/mol. The van der Waals surface area contributed by atoms with Gasteiger partial charge in [0.15, 0.2) is 0 Å². The summed E-state index contributed by atoms with van der Waals surface area (Å²) in [6.45, 7) is 3.33. The van der Waals surface area contributed by atoms with Crippen molar-refractivity contribution in [2.45, 2.75) is 18.6 Å². The summed E-state index contributed by atoms with van der Waals surface area (Å²) in [6.07, 6.45) is 0.270. The second-order valence-electron chi connectivity index (χ2n) is 6.24. The van der Waals surface area contributed by atoms with E-state index in [4.69, 9.17) is 4.74 Å². The number of methoxy groups -OCH3 is 1. The highest BCUT2D eigenvalue weighted by atomic mass is 35.5. The molecule has 0 N–H and O–H groups in total. The van der Waals surface area contributed by atoms with Gasteiger partial charge in [-0.1, -0.05) is 54.6 Å². The molecule has 1 saturated heterocycles. The zero-order valence-electron chi connectivity index (χ0n) is 12.8. The maximum atomic E-state index is 5.82. The third kappa shape index (κ3) is 2.56. The van der Waals surface area contributed by atoms with Gasteiger partial charge in [0.25, 0.3) is 0 Å². The number of likely N-dealkylation sites (tertiary alicyclic amines) is 1. The van der Waals surface area contributed by atoms with Crippen molar-refractivity contribution in [3.63, 3.8) is 0 Å². The fraction of sp³-hybridized carbons (Fsp3) is 0.368. The van der Waals surface area contributed by atoms with Crippen LogP contribution in [0, 0.1) is 5.92 Å². The third-order valence-electron chi connectivity index (χ3n) is 5.03. The largest absolute Gasteiger partial charge is 0.376 e. The van der Waals surface area contributed by atoms with Crippen molar-refractivity contribution in [1.82, 2.24) is 4.90 Å². The number of ether oxygens (including phenoxy) is 1. The van der Waals surface area contributed by atoms with Crippen molar-refractivity contribution in [2.24, 2.45) is 5.92 Å². The minimum absolute atomic E-state index is 0. The molecule has 3 unspecified atom stereocenters. The number of fused-ring (bicyclic) bond motifs is 3. The molecule has 2 nitrogen and oxygen atoms in total. The first-order valence-electron chi connectivity index (χ1n) is 7.74. The molecule has 3 heteroatoms. The van der Waals surface area contributed by atoms with E-state index in [1.807, 2.05) is 7.11 Å². The van der Waals surface area contributed by atoms with Gasteiger partial charge in [0.05, 0.1) is 6.10 Å². The molecule has 1 heterocycles. The topological polar surface area (TPSA) is 12.5 Å². The number of rotatable bonds is 3. The molecular weight excluding hydrogens is 294 g/mol. The van der Waals surface area contributed by atoms with E-state index >= 15 is 0 Å². The Morgan fingerprint density at radius 2 is 1.64 bits per heavy atom. The molecule has 1 aliphatic carbocycles. The van der Waals surface area contributed by atoms with Crippen LogP contribution in [0.2, 0.25) is 0 Å². The predicted octanol–water partition coefficient (Wildman–Crippen LogP) is 4.03. The normalized spacial score (nSPS) is 26.3. The van der Waals surface area contributed by atoms with E-state index in [-0.39, 0.29) is 18.5 Å². The van der Waals surface area contributed by atoms with Gasteiger partial charge in [-0.15, -0.1) is 12.4 Å². The van der Waals surface area contributed by atoms with Gasteiger partial charge in [-0.3, -0.25) is 4.90 Å². The molecular formula is C19H22ClNO. The van der Waals surface area contributed by atoms with Crippen LogP contribution in [0.4, 0.5) is 0 Å². The summed E-state index contributed by atoms with van der Waals surface area (Å²) in [5.41, 5.74) is 4.32. The molecule has 0 saturated carbocycles. The first-order valence-corrected chi connectivity index (χ1v) is 7.74. The molecule has 0 bridgehead atoms. The van der Waals surface area contributed by atoms with Crippen LogP contribution in [-0.4, -0.2) is 25.1 Å². The van der Waals surface area contributed by atoms with Crippen LogP contribution >= 0.6 is 12.4 Å². The zero-order valence-corrected chi connectivity index (χ0v) is 13.6. The summed E-state index contributed by atoms with van der Waals surface area (Å²) in [4.78, 5) is 2.58. The Kier molecular flexibility index (Phi) is 4.53. The van der Waals surface area contributed by atoms with Crippen LogP contribution in [0.5, 0.6) is 0 Å². The second kappa shape index (κ2) is 6.41.